The Labute approximate surface area is 122 Å². The topological polar surface area (TPSA) is 62.3 Å². The molecule has 0 aliphatic heterocycles. The van der Waals surface area contributed by atoms with Gasteiger partial charge in [-0.05, 0) is 30.2 Å². The molecule has 3 rings (SSSR count). The number of aromatic amines is 1. The van der Waals surface area contributed by atoms with Gasteiger partial charge in [-0.2, -0.15) is 0 Å². The lowest BCUT2D eigenvalue weighted by Gasteiger charge is -2.13. The maximum atomic E-state index is 12.1. The first-order chi connectivity index (χ1) is 10.1. The Morgan fingerprint density at radius 2 is 1.76 bits per heavy atom. The van der Waals surface area contributed by atoms with Crippen molar-refractivity contribution in [1.82, 2.24) is 4.98 Å². The maximum absolute atomic E-state index is 12.1. The summed E-state index contributed by atoms with van der Waals surface area (Å²) in [5.74, 6) is 0.419. The largest absolute Gasteiger partial charge is 0.424 e. The summed E-state index contributed by atoms with van der Waals surface area (Å²) in [6.07, 6.45) is 2.46. The highest BCUT2D eigenvalue weighted by Gasteiger charge is 2.21. The van der Waals surface area contributed by atoms with Crippen LogP contribution >= 0.6 is 7.60 Å². The number of para-hydroxylation sites is 2. The highest BCUT2D eigenvalue weighted by molar-refractivity contribution is 7.53. The van der Waals surface area contributed by atoms with Crippen LogP contribution in [0.15, 0.2) is 60.8 Å². The van der Waals surface area contributed by atoms with Gasteiger partial charge in [0, 0.05) is 17.1 Å². The fourth-order valence-electron chi connectivity index (χ4n) is 2.29. The van der Waals surface area contributed by atoms with Gasteiger partial charge in [-0.1, -0.05) is 36.4 Å². The minimum Gasteiger partial charge on any atom is -0.424 e. The molecule has 0 bridgehead atoms. The van der Waals surface area contributed by atoms with E-state index in [0.717, 1.165) is 16.5 Å². The van der Waals surface area contributed by atoms with E-state index in [-0.39, 0.29) is 6.16 Å². The molecule has 0 fully saturated rings. The Morgan fingerprint density at radius 3 is 2.57 bits per heavy atom. The van der Waals surface area contributed by atoms with Gasteiger partial charge in [-0.15, -0.1) is 0 Å². The third-order valence-electron chi connectivity index (χ3n) is 3.33. The summed E-state index contributed by atoms with van der Waals surface area (Å²) < 4.78 is 17.4. The summed E-state index contributed by atoms with van der Waals surface area (Å²) in [7, 11) is -3.65. The average Bonchev–Trinajstić information content (AvgIpc) is 2.89. The molecule has 0 aliphatic rings. The molecule has 3 aromatic rings. The fraction of sp³-hybridized carbons (Fsp3) is 0.125. The SMILES string of the molecule is O=P(O)(CCc1c[nH]c2ccccc12)Oc1ccccc1. The van der Waals surface area contributed by atoms with Crippen LogP contribution in [0.2, 0.25) is 0 Å². The molecule has 0 saturated carbocycles. The van der Waals surface area contributed by atoms with Gasteiger partial charge in [-0.3, -0.25) is 0 Å². The number of rotatable bonds is 5. The van der Waals surface area contributed by atoms with Crippen molar-refractivity contribution in [2.45, 2.75) is 6.42 Å². The molecule has 1 heterocycles. The van der Waals surface area contributed by atoms with Crippen LogP contribution in [-0.4, -0.2) is 16.0 Å². The van der Waals surface area contributed by atoms with Crippen LogP contribution in [0, 0.1) is 0 Å². The molecular weight excluding hydrogens is 285 g/mol. The Hall–Kier alpha value is -2.03. The van der Waals surface area contributed by atoms with E-state index in [4.69, 9.17) is 4.52 Å². The van der Waals surface area contributed by atoms with Gasteiger partial charge in [-0.25, -0.2) is 4.57 Å². The first kappa shape index (κ1) is 13.9. The number of benzene rings is 2. The highest BCUT2D eigenvalue weighted by Crippen LogP contribution is 2.43. The zero-order valence-corrected chi connectivity index (χ0v) is 12.3. The van der Waals surface area contributed by atoms with E-state index in [0.29, 0.717) is 12.2 Å². The number of nitrogens with one attached hydrogen (secondary N) is 1. The molecule has 108 valence electrons. The molecule has 4 nitrogen and oxygen atoms in total. The van der Waals surface area contributed by atoms with Crippen LogP contribution in [-0.2, 0) is 11.0 Å². The lowest BCUT2D eigenvalue weighted by molar-refractivity contribution is 0.379. The Bertz CT molecular complexity index is 782. The predicted molar refractivity (Wildman–Crippen MR) is 83.8 cm³/mol. The first-order valence-electron chi connectivity index (χ1n) is 6.75. The second-order valence-corrected chi connectivity index (χ2v) is 6.78. The van der Waals surface area contributed by atoms with Gasteiger partial charge in [0.15, 0.2) is 0 Å². The van der Waals surface area contributed by atoms with Crippen LogP contribution in [0.1, 0.15) is 5.56 Å². The second-order valence-electron chi connectivity index (χ2n) is 4.87. The lowest BCUT2D eigenvalue weighted by Crippen LogP contribution is -2.00. The van der Waals surface area contributed by atoms with Crippen molar-refractivity contribution in [3.8, 4) is 5.75 Å². The molecule has 2 N–H and O–H groups in total. The van der Waals surface area contributed by atoms with E-state index in [9.17, 15) is 9.46 Å². The standard InChI is InChI=1S/C16H16NO3P/c18-21(19,20-14-6-2-1-3-7-14)11-10-13-12-17-16-9-5-4-8-15(13)16/h1-9,12,17H,10-11H2,(H,18,19). The van der Waals surface area contributed by atoms with Gasteiger partial charge in [0.2, 0.25) is 0 Å². The molecule has 21 heavy (non-hydrogen) atoms. The number of hydrogen-bond acceptors (Lipinski definition) is 2. The number of aromatic nitrogens is 1. The summed E-state index contributed by atoms with van der Waals surface area (Å²) in [6.45, 7) is 0. The number of fused-ring (bicyclic) bond motifs is 1. The monoisotopic (exact) mass is 301 g/mol. The molecule has 1 atom stereocenters. The third kappa shape index (κ3) is 3.35. The van der Waals surface area contributed by atoms with Crippen LogP contribution in [0.3, 0.4) is 0 Å². The number of H-pyrrole nitrogens is 1. The van der Waals surface area contributed by atoms with Crippen molar-refractivity contribution in [3.05, 3.63) is 66.4 Å². The van der Waals surface area contributed by atoms with E-state index in [1.165, 1.54) is 0 Å². The number of hydrogen-bond donors (Lipinski definition) is 2. The summed E-state index contributed by atoms with van der Waals surface area (Å²) in [4.78, 5) is 13.1. The molecule has 5 heteroatoms. The predicted octanol–water partition coefficient (Wildman–Crippen LogP) is 3.97. The van der Waals surface area contributed by atoms with Crippen molar-refractivity contribution in [2.75, 3.05) is 6.16 Å². The van der Waals surface area contributed by atoms with E-state index in [1.54, 1.807) is 24.3 Å². The smallest absolute Gasteiger partial charge is 0.376 e. The fourth-order valence-corrected chi connectivity index (χ4v) is 3.36. The van der Waals surface area contributed by atoms with Crippen molar-refractivity contribution < 1.29 is 14.0 Å². The quantitative estimate of drug-likeness (QED) is 0.701. The van der Waals surface area contributed by atoms with Gasteiger partial charge < -0.3 is 14.4 Å². The third-order valence-corrected chi connectivity index (χ3v) is 4.61. The summed E-state index contributed by atoms with van der Waals surface area (Å²) in [5, 5.41) is 1.08. The van der Waals surface area contributed by atoms with E-state index in [1.807, 2.05) is 36.5 Å². The van der Waals surface area contributed by atoms with Crippen molar-refractivity contribution in [2.24, 2.45) is 0 Å². The van der Waals surface area contributed by atoms with Crippen molar-refractivity contribution in [3.63, 3.8) is 0 Å². The molecule has 0 spiro atoms. The zero-order chi connectivity index (χ0) is 14.7. The molecule has 0 aliphatic carbocycles. The molecule has 2 aromatic carbocycles. The summed E-state index contributed by atoms with van der Waals surface area (Å²) in [6, 6.07) is 16.6. The van der Waals surface area contributed by atoms with E-state index < -0.39 is 7.60 Å². The van der Waals surface area contributed by atoms with Gasteiger partial charge >= 0.3 is 7.60 Å². The van der Waals surface area contributed by atoms with Crippen LogP contribution in [0.5, 0.6) is 5.75 Å². The Morgan fingerprint density at radius 1 is 1.05 bits per heavy atom. The molecule has 0 amide bonds. The molecular formula is C16H16NO3P. The van der Waals surface area contributed by atoms with Gasteiger partial charge in [0.1, 0.15) is 5.75 Å². The second kappa shape index (κ2) is 5.76. The summed E-state index contributed by atoms with van der Waals surface area (Å²) >= 11 is 0. The van der Waals surface area contributed by atoms with Crippen LogP contribution in [0.25, 0.3) is 10.9 Å². The first-order valence-corrected chi connectivity index (χ1v) is 8.52. The minimum absolute atomic E-state index is 0.0870. The van der Waals surface area contributed by atoms with Gasteiger partial charge in [0.25, 0.3) is 0 Å². The molecule has 0 saturated heterocycles. The molecule has 1 unspecified atom stereocenters. The Balaban J connectivity index is 1.70. The van der Waals surface area contributed by atoms with Gasteiger partial charge in [0.05, 0.1) is 6.16 Å². The maximum Gasteiger partial charge on any atom is 0.376 e. The van der Waals surface area contributed by atoms with E-state index in [2.05, 4.69) is 4.98 Å². The molecule has 1 aromatic heterocycles. The Kier molecular flexibility index (Phi) is 3.82. The normalized spacial score (nSPS) is 14.0. The zero-order valence-electron chi connectivity index (χ0n) is 11.4. The average molecular weight is 301 g/mol. The minimum atomic E-state index is -3.65. The van der Waals surface area contributed by atoms with Crippen LogP contribution < -0.4 is 4.52 Å². The van der Waals surface area contributed by atoms with E-state index >= 15 is 0 Å². The number of aryl methyl sites for hydroxylation is 1. The van der Waals surface area contributed by atoms with Crippen molar-refractivity contribution in [1.29, 1.82) is 0 Å². The molecule has 0 radical (unpaired) electrons. The lowest BCUT2D eigenvalue weighted by atomic mass is 10.1. The van der Waals surface area contributed by atoms with Crippen LogP contribution in [0.4, 0.5) is 0 Å². The highest BCUT2D eigenvalue weighted by atomic mass is 31.2. The summed E-state index contributed by atoms with van der Waals surface area (Å²) in [5.41, 5.74) is 2.06. The van der Waals surface area contributed by atoms with Crippen molar-refractivity contribution >= 4 is 18.5 Å².